The third-order valence-corrected chi connectivity index (χ3v) is 9.71. The van der Waals surface area contributed by atoms with E-state index in [0.717, 1.165) is 107 Å². The number of aromatic nitrogens is 3. The number of aryl methyl sites for hydroxylation is 2. The van der Waals surface area contributed by atoms with E-state index in [1.54, 1.807) is 18.3 Å². The highest BCUT2D eigenvalue weighted by atomic mass is 19.1. The van der Waals surface area contributed by atoms with Gasteiger partial charge >= 0.3 is 0 Å². The average Bonchev–Trinajstić information content (AvgIpc) is 3.33. The number of hydrogen-bond acceptors (Lipinski definition) is 5. The molecule has 2 aliphatic heterocycles. The lowest BCUT2D eigenvalue weighted by atomic mass is 9.91. The van der Waals surface area contributed by atoms with Gasteiger partial charge in [-0.25, -0.2) is 4.39 Å². The Balaban J connectivity index is 1.27. The van der Waals surface area contributed by atoms with E-state index in [1.165, 1.54) is 24.8 Å². The van der Waals surface area contributed by atoms with Gasteiger partial charge in [-0.2, -0.15) is 0 Å². The van der Waals surface area contributed by atoms with Gasteiger partial charge in [0.05, 0.1) is 35.0 Å². The zero-order chi connectivity index (χ0) is 33.9. The van der Waals surface area contributed by atoms with Crippen LogP contribution in [0, 0.1) is 11.7 Å². The quantitative estimate of drug-likeness (QED) is 0.166. The Kier molecular flexibility index (Phi) is 9.67. The van der Waals surface area contributed by atoms with Crippen LogP contribution in [0.1, 0.15) is 80.8 Å². The summed E-state index contributed by atoms with van der Waals surface area (Å²) in [6.07, 6.45) is 14.1. The second-order valence-electron chi connectivity index (χ2n) is 13.9. The molecule has 0 saturated carbocycles. The first-order valence-electron chi connectivity index (χ1n) is 17.8. The number of aliphatic imine (C=N–C) groups is 1. The summed E-state index contributed by atoms with van der Waals surface area (Å²) in [6.45, 7) is 9.84. The zero-order valence-corrected chi connectivity index (χ0v) is 28.8. The molecule has 0 atom stereocenters. The maximum atomic E-state index is 15.2. The minimum Gasteiger partial charge on any atom is -0.352 e. The number of fused-ring (bicyclic) bond motifs is 2. The fourth-order valence-corrected chi connectivity index (χ4v) is 7.47. The molecule has 0 bridgehead atoms. The molecule has 8 heteroatoms. The van der Waals surface area contributed by atoms with Crippen molar-refractivity contribution < 1.29 is 9.18 Å². The summed E-state index contributed by atoms with van der Waals surface area (Å²) >= 11 is 0. The third kappa shape index (κ3) is 7.20. The van der Waals surface area contributed by atoms with Gasteiger partial charge in [0.25, 0.3) is 0 Å². The molecule has 2 aliphatic rings. The Morgan fingerprint density at radius 2 is 1.76 bits per heavy atom. The van der Waals surface area contributed by atoms with E-state index in [4.69, 9.17) is 4.99 Å². The number of H-pyrrole nitrogens is 1. The van der Waals surface area contributed by atoms with Crippen LogP contribution in [0.5, 0.6) is 0 Å². The second-order valence-corrected chi connectivity index (χ2v) is 13.9. The lowest BCUT2D eigenvalue weighted by molar-refractivity contribution is -0.116. The molecule has 0 spiro atoms. The Hall–Kier alpha value is -4.69. The SMILES string of the molecule is CCc1c(C2=NCCCc3ccc(-c4cncc(NC(=O)CC(C)C)c4)cc32)[nH]c2cncc(-c3cc(F)cc(CN4CCCCC4)c3)c12. The summed E-state index contributed by atoms with van der Waals surface area (Å²) < 4.78 is 15.2. The van der Waals surface area contributed by atoms with Crippen molar-refractivity contribution in [1.82, 2.24) is 19.9 Å². The molecule has 0 unspecified atom stereocenters. The summed E-state index contributed by atoms with van der Waals surface area (Å²) in [5.74, 6) is 0.0446. The van der Waals surface area contributed by atoms with Crippen LogP contribution in [0.3, 0.4) is 0 Å². The van der Waals surface area contributed by atoms with E-state index in [1.807, 2.05) is 38.5 Å². The van der Waals surface area contributed by atoms with Crippen molar-refractivity contribution in [3.8, 4) is 22.3 Å². The number of carbonyl (C=O) groups excluding carboxylic acids is 1. The van der Waals surface area contributed by atoms with Gasteiger partial charge in [-0.05, 0) is 109 Å². The lowest BCUT2D eigenvalue weighted by Gasteiger charge is -2.26. The highest BCUT2D eigenvalue weighted by Crippen LogP contribution is 2.36. The van der Waals surface area contributed by atoms with Gasteiger partial charge < -0.3 is 10.3 Å². The predicted octanol–water partition coefficient (Wildman–Crippen LogP) is 8.75. The summed E-state index contributed by atoms with van der Waals surface area (Å²) in [4.78, 5) is 32.9. The molecule has 0 aliphatic carbocycles. The molecular formula is C41H45FN6O. The molecule has 1 saturated heterocycles. The topological polar surface area (TPSA) is 86.3 Å². The number of halogens is 1. The minimum atomic E-state index is -0.219. The first-order chi connectivity index (χ1) is 23.9. The largest absolute Gasteiger partial charge is 0.352 e. The molecule has 5 heterocycles. The third-order valence-electron chi connectivity index (χ3n) is 9.71. The maximum Gasteiger partial charge on any atom is 0.224 e. The van der Waals surface area contributed by atoms with Gasteiger partial charge in [-0.15, -0.1) is 0 Å². The summed E-state index contributed by atoms with van der Waals surface area (Å²) in [5.41, 5.74) is 11.8. The normalized spacial score (nSPS) is 15.2. The van der Waals surface area contributed by atoms with Crippen LogP contribution in [-0.4, -0.2) is 51.1 Å². The number of likely N-dealkylation sites (tertiary alicyclic amines) is 1. The maximum absolute atomic E-state index is 15.2. The number of carbonyl (C=O) groups is 1. The summed E-state index contributed by atoms with van der Waals surface area (Å²) in [5, 5.41) is 4.07. The van der Waals surface area contributed by atoms with Gasteiger partial charge in [0, 0.05) is 54.0 Å². The number of benzene rings is 2. The van der Waals surface area contributed by atoms with E-state index in [2.05, 4.69) is 56.4 Å². The van der Waals surface area contributed by atoms with E-state index < -0.39 is 0 Å². The second kappa shape index (κ2) is 14.4. The van der Waals surface area contributed by atoms with E-state index in [9.17, 15) is 4.79 Å². The highest BCUT2D eigenvalue weighted by Gasteiger charge is 2.24. The van der Waals surface area contributed by atoms with Crippen molar-refractivity contribution in [3.63, 3.8) is 0 Å². The molecule has 7 nitrogen and oxygen atoms in total. The molecule has 252 valence electrons. The summed E-state index contributed by atoms with van der Waals surface area (Å²) in [7, 11) is 0. The van der Waals surface area contributed by atoms with Crippen LogP contribution >= 0.6 is 0 Å². The molecule has 49 heavy (non-hydrogen) atoms. The fourth-order valence-electron chi connectivity index (χ4n) is 7.47. The van der Waals surface area contributed by atoms with E-state index in [0.29, 0.717) is 12.1 Å². The van der Waals surface area contributed by atoms with Crippen LogP contribution in [-0.2, 0) is 24.2 Å². The number of nitrogens with zero attached hydrogens (tertiary/aromatic N) is 4. The average molecular weight is 657 g/mol. The summed E-state index contributed by atoms with van der Waals surface area (Å²) in [6, 6.07) is 14.0. The van der Waals surface area contributed by atoms with Crippen LogP contribution in [0.25, 0.3) is 33.2 Å². The smallest absolute Gasteiger partial charge is 0.224 e. The van der Waals surface area contributed by atoms with E-state index >= 15 is 4.39 Å². The first-order valence-corrected chi connectivity index (χ1v) is 17.8. The zero-order valence-electron chi connectivity index (χ0n) is 28.8. The highest BCUT2D eigenvalue weighted by molar-refractivity contribution is 6.17. The van der Waals surface area contributed by atoms with Crippen LogP contribution < -0.4 is 5.32 Å². The predicted molar refractivity (Wildman–Crippen MR) is 197 cm³/mol. The van der Waals surface area contributed by atoms with Gasteiger partial charge in [-0.3, -0.25) is 24.7 Å². The van der Waals surface area contributed by atoms with Gasteiger partial charge in [0.1, 0.15) is 5.82 Å². The Bertz CT molecular complexity index is 2020. The Labute approximate surface area is 288 Å². The Morgan fingerprint density at radius 1 is 0.918 bits per heavy atom. The molecule has 0 radical (unpaired) electrons. The number of nitrogens with one attached hydrogen (secondary N) is 2. The Morgan fingerprint density at radius 3 is 2.57 bits per heavy atom. The minimum absolute atomic E-state index is 0.0125. The van der Waals surface area contributed by atoms with Crippen LogP contribution in [0.4, 0.5) is 10.1 Å². The van der Waals surface area contributed by atoms with Crippen LogP contribution in [0.15, 0.2) is 72.2 Å². The number of hydrogen-bond donors (Lipinski definition) is 2. The molecule has 5 aromatic rings. The molecule has 7 rings (SSSR count). The lowest BCUT2D eigenvalue weighted by Crippen LogP contribution is -2.29. The van der Waals surface area contributed by atoms with Crippen molar-refractivity contribution in [2.75, 3.05) is 25.0 Å². The molecule has 3 aromatic heterocycles. The fraction of sp³-hybridized carbons (Fsp3) is 0.366. The van der Waals surface area contributed by atoms with Crippen molar-refractivity contribution in [3.05, 3.63) is 101 Å². The first kappa shape index (κ1) is 32.8. The number of pyridine rings is 2. The van der Waals surface area contributed by atoms with Crippen molar-refractivity contribution in [2.24, 2.45) is 10.9 Å². The number of amides is 1. The van der Waals surface area contributed by atoms with Crippen molar-refractivity contribution in [2.45, 2.75) is 72.3 Å². The standard InChI is InChI=1S/C41H45FN6O/c1-4-34-39-36(30-16-27(17-32(42)18-30)25-48-13-6-5-7-14-48)23-44-24-37(39)47-41(34)40-35-20-29(11-10-28(35)9-8-12-45-40)31-19-33(22-43-21-31)46-38(49)15-26(2)3/h10-11,16-24,26,47H,4-9,12-15,25H2,1-3H3,(H,46,49). The number of aromatic amines is 1. The molecule has 1 amide bonds. The van der Waals surface area contributed by atoms with E-state index in [-0.39, 0.29) is 17.6 Å². The van der Waals surface area contributed by atoms with Gasteiger partial charge in [0.2, 0.25) is 5.91 Å². The number of piperidine rings is 1. The molecular weight excluding hydrogens is 611 g/mol. The van der Waals surface area contributed by atoms with Gasteiger partial charge in [-0.1, -0.05) is 39.3 Å². The molecule has 2 aromatic carbocycles. The monoisotopic (exact) mass is 656 g/mol. The van der Waals surface area contributed by atoms with Crippen LogP contribution in [0.2, 0.25) is 0 Å². The molecule has 1 fully saturated rings. The number of rotatable bonds is 9. The molecule has 2 N–H and O–H groups in total. The van der Waals surface area contributed by atoms with Crippen molar-refractivity contribution >= 4 is 28.2 Å². The van der Waals surface area contributed by atoms with Gasteiger partial charge in [0.15, 0.2) is 0 Å². The van der Waals surface area contributed by atoms with Crippen molar-refractivity contribution in [1.29, 1.82) is 0 Å². The number of anilines is 1.